The molecule has 36 heavy (non-hydrogen) atoms. The molecule has 2 aromatic rings. The molecule has 0 heterocycles. The van der Waals surface area contributed by atoms with Crippen molar-refractivity contribution in [2.24, 2.45) is 5.92 Å². The minimum atomic E-state index is -0.843. The van der Waals surface area contributed by atoms with Crippen LogP contribution in [-0.2, 0) is 20.9 Å². The lowest BCUT2D eigenvalue weighted by Gasteiger charge is -2.35. The Morgan fingerprint density at radius 2 is 1.53 bits per heavy atom. The van der Waals surface area contributed by atoms with Gasteiger partial charge in [0.25, 0.3) is 0 Å². The largest absolute Gasteiger partial charge is 0.444 e. The van der Waals surface area contributed by atoms with Crippen LogP contribution in [0.3, 0.4) is 0 Å². The quantitative estimate of drug-likeness (QED) is 0.447. The molecule has 0 saturated heterocycles. The van der Waals surface area contributed by atoms with E-state index in [1.165, 1.54) is 0 Å². The molecule has 0 saturated carbocycles. The summed E-state index contributed by atoms with van der Waals surface area (Å²) in [5, 5.41) is 5.75. The highest BCUT2D eigenvalue weighted by Crippen LogP contribution is 2.24. The van der Waals surface area contributed by atoms with Crippen LogP contribution in [0.25, 0.3) is 0 Å². The molecule has 7 heteroatoms. The second-order valence-corrected chi connectivity index (χ2v) is 10.3. The monoisotopic (exact) mass is 495 g/mol. The van der Waals surface area contributed by atoms with Gasteiger partial charge >= 0.3 is 6.09 Å². The van der Waals surface area contributed by atoms with Crippen LogP contribution in [-0.4, -0.2) is 41.0 Å². The Morgan fingerprint density at radius 3 is 2.06 bits per heavy atom. The number of hydrogen-bond acceptors (Lipinski definition) is 4. The first-order chi connectivity index (χ1) is 17.0. The van der Waals surface area contributed by atoms with Gasteiger partial charge in [0, 0.05) is 13.1 Å². The molecular formula is C29H41N3O4. The molecule has 0 radical (unpaired) electrons. The molecule has 196 valence electrons. The van der Waals surface area contributed by atoms with Gasteiger partial charge < -0.3 is 20.3 Å². The van der Waals surface area contributed by atoms with Crippen molar-refractivity contribution in [2.75, 3.05) is 6.54 Å². The third kappa shape index (κ3) is 9.02. The summed E-state index contributed by atoms with van der Waals surface area (Å²) in [4.78, 5) is 41.7. The average Bonchev–Trinajstić information content (AvgIpc) is 2.83. The number of nitrogens with one attached hydrogen (secondary N) is 2. The lowest BCUT2D eigenvalue weighted by atomic mass is 9.98. The summed E-state index contributed by atoms with van der Waals surface area (Å²) in [6.45, 7) is 11.8. The van der Waals surface area contributed by atoms with Crippen LogP contribution < -0.4 is 10.6 Å². The number of carbonyl (C=O) groups is 3. The van der Waals surface area contributed by atoms with E-state index in [0.29, 0.717) is 18.7 Å². The summed E-state index contributed by atoms with van der Waals surface area (Å²) >= 11 is 0. The molecule has 2 aromatic carbocycles. The number of rotatable bonds is 11. The molecule has 0 spiro atoms. The first kappa shape index (κ1) is 28.9. The smallest absolute Gasteiger partial charge is 0.408 e. The summed E-state index contributed by atoms with van der Waals surface area (Å²) in [5.74, 6) is -0.791. The van der Waals surface area contributed by atoms with Gasteiger partial charge in [0.1, 0.15) is 17.7 Å². The van der Waals surface area contributed by atoms with Crippen LogP contribution >= 0.6 is 0 Å². The Labute approximate surface area is 215 Å². The predicted molar refractivity (Wildman–Crippen MR) is 142 cm³/mol. The SMILES string of the molecule is CCCCN(C(=O)C(NC(=O)OC(C)(C)C)C(C)C)C(C(=O)NCc1ccccc1)c1ccccc1. The van der Waals surface area contributed by atoms with Crippen molar-refractivity contribution in [1.82, 2.24) is 15.5 Å². The fraction of sp³-hybridized carbons (Fsp3) is 0.483. The number of hydrogen-bond donors (Lipinski definition) is 2. The summed E-state index contributed by atoms with van der Waals surface area (Å²) in [6, 6.07) is 17.3. The second-order valence-electron chi connectivity index (χ2n) is 10.3. The van der Waals surface area contributed by atoms with Crippen LogP contribution in [0, 0.1) is 5.92 Å². The molecule has 0 fully saturated rings. The van der Waals surface area contributed by atoms with Gasteiger partial charge in [0.15, 0.2) is 0 Å². The van der Waals surface area contributed by atoms with Crippen molar-refractivity contribution in [3.8, 4) is 0 Å². The molecule has 2 rings (SSSR count). The Bertz CT molecular complexity index is 971. The maximum atomic E-state index is 14.0. The zero-order chi connectivity index (χ0) is 26.7. The van der Waals surface area contributed by atoms with E-state index in [1.54, 1.807) is 25.7 Å². The number of amides is 3. The van der Waals surface area contributed by atoms with Crippen LogP contribution in [0.2, 0.25) is 0 Å². The van der Waals surface area contributed by atoms with Crippen LogP contribution in [0.1, 0.15) is 71.6 Å². The number of unbranched alkanes of at least 4 members (excludes halogenated alkanes) is 1. The van der Waals surface area contributed by atoms with Gasteiger partial charge in [-0.2, -0.15) is 0 Å². The molecule has 2 atom stereocenters. The molecule has 3 amide bonds. The first-order valence-corrected chi connectivity index (χ1v) is 12.7. The number of alkyl carbamates (subject to hydrolysis) is 1. The summed E-state index contributed by atoms with van der Waals surface area (Å²) < 4.78 is 5.41. The molecule has 0 aromatic heterocycles. The lowest BCUT2D eigenvalue weighted by Crippen LogP contribution is -2.55. The number of carbonyl (C=O) groups excluding carboxylic acids is 3. The van der Waals surface area contributed by atoms with Crippen molar-refractivity contribution in [3.05, 3.63) is 71.8 Å². The Hall–Kier alpha value is -3.35. The first-order valence-electron chi connectivity index (χ1n) is 12.7. The average molecular weight is 496 g/mol. The van der Waals surface area contributed by atoms with Gasteiger partial charge in [-0.1, -0.05) is 87.9 Å². The van der Waals surface area contributed by atoms with E-state index in [-0.39, 0.29) is 17.7 Å². The summed E-state index contributed by atoms with van der Waals surface area (Å²) in [6.07, 6.45) is 0.913. The highest BCUT2D eigenvalue weighted by Gasteiger charge is 2.37. The Kier molecular flexibility index (Phi) is 11.0. The highest BCUT2D eigenvalue weighted by molar-refractivity contribution is 5.92. The molecule has 7 nitrogen and oxygen atoms in total. The second kappa shape index (κ2) is 13.7. The zero-order valence-corrected chi connectivity index (χ0v) is 22.4. The standard InChI is InChI=1S/C29H41N3O4/c1-7-8-19-32(27(34)24(21(2)3)31-28(35)36-29(4,5)6)25(23-17-13-10-14-18-23)26(33)30-20-22-15-11-9-12-16-22/h9-18,21,24-25H,7-8,19-20H2,1-6H3,(H,30,33)(H,31,35). The van der Waals surface area contributed by atoms with E-state index in [4.69, 9.17) is 4.74 Å². The summed E-state index contributed by atoms with van der Waals surface area (Å²) in [5.41, 5.74) is 0.989. The molecule has 0 aliphatic heterocycles. The van der Waals surface area contributed by atoms with Crippen molar-refractivity contribution in [2.45, 2.75) is 78.6 Å². The maximum absolute atomic E-state index is 14.0. The molecule has 0 aliphatic carbocycles. The van der Waals surface area contributed by atoms with Gasteiger partial charge in [-0.3, -0.25) is 9.59 Å². The van der Waals surface area contributed by atoms with E-state index in [2.05, 4.69) is 10.6 Å². The van der Waals surface area contributed by atoms with Gasteiger partial charge in [-0.15, -0.1) is 0 Å². The fourth-order valence-electron chi connectivity index (χ4n) is 3.81. The number of ether oxygens (including phenoxy) is 1. The fourth-order valence-corrected chi connectivity index (χ4v) is 3.81. The van der Waals surface area contributed by atoms with Crippen molar-refractivity contribution < 1.29 is 19.1 Å². The molecule has 0 aliphatic rings. The van der Waals surface area contributed by atoms with Gasteiger partial charge in [0.2, 0.25) is 11.8 Å². The van der Waals surface area contributed by atoms with Crippen molar-refractivity contribution >= 4 is 17.9 Å². The van der Waals surface area contributed by atoms with Crippen LogP contribution in [0.5, 0.6) is 0 Å². The number of benzene rings is 2. The predicted octanol–water partition coefficient (Wildman–Crippen LogP) is 5.22. The molecular weight excluding hydrogens is 454 g/mol. The minimum absolute atomic E-state index is 0.210. The third-order valence-corrected chi connectivity index (χ3v) is 5.63. The topological polar surface area (TPSA) is 87.7 Å². The van der Waals surface area contributed by atoms with E-state index in [9.17, 15) is 14.4 Å². The summed E-state index contributed by atoms with van der Waals surface area (Å²) in [7, 11) is 0. The Morgan fingerprint density at radius 1 is 0.944 bits per heavy atom. The highest BCUT2D eigenvalue weighted by atomic mass is 16.6. The van der Waals surface area contributed by atoms with Crippen molar-refractivity contribution in [1.29, 1.82) is 0 Å². The normalized spacial score (nSPS) is 13.0. The maximum Gasteiger partial charge on any atom is 0.408 e. The van der Waals surface area contributed by atoms with E-state index < -0.39 is 23.8 Å². The molecule has 2 unspecified atom stereocenters. The van der Waals surface area contributed by atoms with Gasteiger partial charge in [-0.25, -0.2) is 4.79 Å². The van der Waals surface area contributed by atoms with Crippen LogP contribution in [0.15, 0.2) is 60.7 Å². The van der Waals surface area contributed by atoms with Gasteiger partial charge in [0.05, 0.1) is 0 Å². The van der Waals surface area contributed by atoms with Gasteiger partial charge in [-0.05, 0) is 44.2 Å². The zero-order valence-electron chi connectivity index (χ0n) is 22.4. The third-order valence-electron chi connectivity index (χ3n) is 5.63. The lowest BCUT2D eigenvalue weighted by molar-refractivity contribution is -0.143. The van der Waals surface area contributed by atoms with Crippen LogP contribution in [0.4, 0.5) is 4.79 Å². The Balaban J connectivity index is 2.38. The molecule has 2 N–H and O–H groups in total. The van der Waals surface area contributed by atoms with E-state index in [1.807, 2.05) is 81.4 Å². The van der Waals surface area contributed by atoms with Crippen molar-refractivity contribution in [3.63, 3.8) is 0 Å². The minimum Gasteiger partial charge on any atom is -0.444 e. The van der Waals surface area contributed by atoms with E-state index in [0.717, 1.165) is 18.4 Å². The van der Waals surface area contributed by atoms with E-state index >= 15 is 0 Å². The molecule has 0 bridgehead atoms. The number of nitrogens with zero attached hydrogens (tertiary/aromatic N) is 1.